The molecule has 65 heavy (non-hydrogen) atoms. The lowest BCUT2D eigenvalue weighted by Gasteiger charge is -2.30. The third-order valence-electron chi connectivity index (χ3n) is 12.4. The van der Waals surface area contributed by atoms with Crippen LogP contribution in [-0.2, 0) is 27.9 Å². The van der Waals surface area contributed by atoms with E-state index in [1.165, 1.54) is 154 Å². The molecule has 0 rings (SSSR count). The molecule has 0 aliphatic carbocycles. The van der Waals surface area contributed by atoms with Crippen LogP contribution in [0.5, 0.6) is 0 Å². The molecule has 0 bridgehead atoms. The molecule has 10 heteroatoms. The maximum absolute atomic E-state index is 13.4. The number of ether oxygens (including phenoxy) is 1. The standard InChI is InChI=1S/C55H107N2O7P/c1-7-10-13-16-19-22-25-27-28-29-30-33-35-38-41-44-47-54(58)56-52(51-63-65(60,61)62-50-49-57(4,5)6)53(46-43-40-37-34-32-26-23-20-17-14-11-8-2)64-55(59)48-45-42-39-36-31-24-21-18-15-12-9-3/h28-29,43,46,52-53H,7-27,30-42,44-45,47-51H2,1-6H3,(H-,56,58,60,61)/b29-28+,46-43-. The highest BCUT2D eigenvalue weighted by Crippen LogP contribution is 2.38. The summed E-state index contributed by atoms with van der Waals surface area (Å²) in [5.74, 6) is -0.543. The molecule has 0 aromatic rings. The predicted molar refractivity (Wildman–Crippen MR) is 275 cm³/mol. The lowest BCUT2D eigenvalue weighted by atomic mass is 10.0. The molecule has 9 nitrogen and oxygen atoms in total. The van der Waals surface area contributed by atoms with Gasteiger partial charge in [0, 0.05) is 12.8 Å². The average molecular weight is 939 g/mol. The number of phosphoric acid groups is 1. The number of amides is 1. The van der Waals surface area contributed by atoms with Gasteiger partial charge in [0.25, 0.3) is 7.82 Å². The van der Waals surface area contributed by atoms with Gasteiger partial charge in [-0.3, -0.25) is 14.2 Å². The molecule has 0 saturated carbocycles. The highest BCUT2D eigenvalue weighted by Gasteiger charge is 2.27. The topological polar surface area (TPSA) is 114 Å². The second kappa shape index (κ2) is 46.2. The van der Waals surface area contributed by atoms with Gasteiger partial charge in [-0.2, -0.15) is 0 Å². The van der Waals surface area contributed by atoms with Crippen LogP contribution in [0.25, 0.3) is 0 Å². The Hall–Kier alpha value is -1.51. The van der Waals surface area contributed by atoms with Crippen molar-refractivity contribution in [2.75, 3.05) is 40.9 Å². The third kappa shape index (κ3) is 47.4. The van der Waals surface area contributed by atoms with E-state index in [-0.39, 0.29) is 31.5 Å². The zero-order valence-corrected chi connectivity index (χ0v) is 44.6. The first-order valence-corrected chi connectivity index (χ1v) is 29.1. The SMILES string of the molecule is CCCCCCCCC/C=C/CCCCCCCC(=O)NC(COP(=O)([O-])OCC[N+](C)(C)C)C(/C=C\CCCCCCCCCCCC)OC(=O)CCCCCCCCCCCCC. The van der Waals surface area contributed by atoms with Crippen molar-refractivity contribution in [1.29, 1.82) is 0 Å². The number of quaternary nitrogens is 1. The van der Waals surface area contributed by atoms with E-state index < -0.39 is 20.0 Å². The Bertz CT molecular complexity index is 1170. The summed E-state index contributed by atoms with van der Waals surface area (Å²) in [6.07, 6.45) is 51.3. The van der Waals surface area contributed by atoms with Gasteiger partial charge in [-0.15, -0.1) is 0 Å². The summed E-state index contributed by atoms with van der Waals surface area (Å²) in [7, 11) is 1.19. The normalized spacial score (nSPS) is 14.0. The summed E-state index contributed by atoms with van der Waals surface area (Å²) in [5, 5.41) is 3.01. The van der Waals surface area contributed by atoms with Crippen LogP contribution in [0.2, 0.25) is 0 Å². The number of carbonyl (C=O) groups is 2. The first-order chi connectivity index (χ1) is 31.4. The highest BCUT2D eigenvalue weighted by molar-refractivity contribution is 7.45. The fraction of sp³-hybridized carbons (Fsp3) is 0.891. The minimum atomic E-state index is -4.68. The van der Waals surface area contributed by atoms with Crippen molar-refractivity contribution >= 4 is 19.7 Å². The van der Waals surface area contributed by atoms with Gasteiger partial charge in [-0.05, 0) is 57.4 Å². The van der Waals surface area contributed by atoms with Gasteiger partial charge >= 0.3 is 5.97 Å². The van der Waals surface area contributed by atoms with Gasteiger partial charge in [0.2, 0.25) is 5.91 Å². The Balaban J connectivity index is 5.36. The largest absolute Gasteiger partial charge is 0.756 e. The molecule has 0 radical (unpaired) electrons. The molecule has 0 fully saturated rings. The van der Waals surface area contributed by atoms with Crippen LogP contribution in [0.4, 0.5) is 0 Å². The number of hydrogen-bond donors (Lipinski definition) is 1. The molecule has 1 amide bonds. The van der Waals surface area contributed by atoms with Crippen molar-refractivity contribution in [3.63, 3.8) is 0 Å². The molecule has 0 aromatic carbocycles. The van der Waals surface area contributed by atoms with E-state index in [0.29, 0.717) is 17.4 Å². The van der Waals surface area contributed by atoms with Crippen molar-refractivity contribution in [3.05, 3.63) is 24.3 Å². The van der Waals surface area contributed by atoms with E-state index in [0.717, 1.165) is 77.0 Å². The van der Waals surface area contributed by atoms with Gasteiger partial charge in [-0.25, -0.2) is 0 Å². The van der Waals surface area contributed by atoms with E-state index in [1.54, 1.807) is 0 Å². The van der Waals surface area contributed by atoms with Crippen molar-refractivity contribution in [2.24, 2.45) is 0 Å². The lowest BCUT2D eigenvalue weighted by molar-refractivity contribution is -0.870. The quantitative estimate of drug-likeness (QED) is 0.0212. The Labute approximate surface area is 403 Å². The molecule has 3 unspecified atom stereocenters. The van der Waals surface area contributed by atoms with Crippen LogP contribution in [0, 0.1) is 0 Å². The van der Waals surface area contributed by atoms with Crippen molar-refractivity contribution in [2.45, 2.75) is 277 Å². The Morgan fingerprint density at radius 2 is 0.892 bits per heavy atom. The molecule has 384 valence electrons. The predicted octanol–water partition coefficient (Wildman–Crippen LogP) is 15.6. The second-order valence-electron chi connectivity index (χ2n) is 20.1. The van der Waals surface area contributed by atoms with E-state index in [4.69, 9.17) is 13.8 Å². The maximum Gasteiger partial charge on any atom is 0.306 e. The van der Waals surface area contributed by atoms with Crippen molar-refractivity contribution in [3.8, 4) is 0 Å². The summed E-state index contributed by atoms with van der Waals surface area (Å²) >= 11 is 0. The summed E-state index contributed by atoms with van der Waals surface area (Å²) in [4.78, 5) is 39.7. The van der Waals surface area contributed by atoms with Crippen LogP contribution in [0.15, 0.2) is 24.3 Å². The van der Waals surface area contributed by atoms with Gasteiger partial charge in [0.05, 0.1) is 33.8 Å². The number of allylic oxidation sites excluding steroid dienone is 3. The van der Waals surface area contributed by atoms with Crippen LogP contribution < -0.4 is 10.2 Å². The molecule has 3 atom stereocenters. The number of nitrogens with zero attached hydrogens (tertiary/aromatic N) is 1. The number of carbonyl (C=O) groups excluding carboxylic acids is 2. The molecular formula is C55H107N2O7P. The third-order valence-corrected chi connectivity index (χ3v) is 13.3. The Morgan fingerprint density at radius 1 is 0.523 bits per heavy atom. The second-order valence-corrected chi connectivity index (χ2v) is 21.5. The van der Waals surface area contributed by atoms with Crippen LogP contribution in [-0.4, -0.2) is 69.4 Å². The smallest absolute Gasteiger partial charge is 0.306 e. The minimum absolute atomic E-state index is 0.0209. The number of rotatable bonds is 50. The number of phosphoric ester groups is 1. The van der Waals surface area contributed by atoms with Crippen molar-refractivity contribution < 1.29 is 37.3 Å². The fourth-order valence-electron chi connectivity index (χ4n) is 8.05. The van der Waals surface area contributed by atoms with E-state index in [1.807, 2.05) is 33.3 Å². The highest BCUT2D eigenvalue weighted by atomic mass is 31.2. The summed E-state index contributed by atoms with van der Waals surface area (Å²) in [5.41, 5.74) is 0. The summed E-state index contributed by atoms with van der Waals surface area (Å²) in [6.45, 7) is 6.83. The van der Waals surface area contributed by atoms with E-state index in [2.05, 4.69) is 38.2 Å². The number of likely N-dealkylation sites (N-methyl/N-ethyl adjacent to an activating group) is 1. The fourth-order valence-corrected chi connectivity index (χ4v) is 8.77. The molecule has 0 spiro atoms. The zero-order chi connectivity index (χ0) is 48.0. The first-order valence-electron chi connectivity index (χ1n) is 27.6. The van der Waals surface area contributed by atoms with Gasteiger partial charge in [0.15, 0.2) is 0 Å². The lowest BCUT2D eigenvalue weighted by Crippen LogP contribution is -2.47. The zero-order valence-electron chi connectivity index (χ0n) is 43.7. The van der Waals surface area contributed by atoms with Crippen LogP contribution in [0.3, 0.4) is 0 Å². The molecular weight excluding hydrogens is 832 g/mol. The molecule has 0 aliphatic heterocycles. The Kier molecular flexibility index (Phi) is 45.2. The van der Waals surface area contributed by atoms with Gasteiger partial charge in [-0.1, -0.05) is 219 Å². The summed E-state index contributed by atoms with van der Waals surface area (Å²) in [6, 6.07) is -0.884. The average Bonchev–Trinajstić information content (AvgIpc) is 3.26. The molecule has 1 N–H and O–H groups in total. The summed E-state index contributed by atoms with van der Waals surface area (Å²) < 4.78 is 30.2. The molecule has 0 aliphatic rings. The number of esters is 1. The number of unbranched alkanes of at least 4 members (excludes halogenated alkanes) is 32. The molecule has 0 saturated heterocycles. The van der Waals surface area contributed by atoms with Crippen LogP contribution >= 0.6 is 7.82 Å². The molecule has 0 aromatic heterocycles. The number of nitrogens with one attached hydrogen (secondary N) is 1. The van der Waals surface area contributed by atoms with Crippen LogP contribution in [0.1, 0.15) is 265 Å². The van der Waals surface area contributed by atoms with E-state index >= 15 is 0 Å². The molecule has 0 heterocycles. The maximum atomic E-state index is 13.4. The Morgan fingerprint density at radius 3 is 1.31 bits per heavy atom. The van der Waals surface area contributed by atoms with Gasteiger partial charge < -0.3 is 28.5 Å². The minimum Gasteiger partial charge on any atom is -0.756 e. The van der Waals surface area contributed by atoms with E-state index in [9.17, 15) is 19.0 Å². The number of hydrogen-bond acceptors (Lipinski definition) is 7. The monoisotopic (exact) mass is 939 g/mol. The van der Waals surface area contributed by atoms with Gasteiger partial charge in [0.1, 0.15) is 19.3 Å². The first kappa shape index (κ1) is 63.5. The van der Waals surface area contributed by atoms with Crippen molar-refractivity contribution in [1.82, 2.24) is 5.32 Å².